The van der Waals surface area contributed by atoms with Gasteiger partial charge in [0, 0.05) is 12.0 Å². The van der Waals surface area contributed by atoms with E-state index in [4.69, 9.17) is 33.9 Å². The molecule has 1 aromatic carbocycles. The minimum absolute atomic E-state index is 0.0194. The average Bonchev–Trinajstić information content (AvgIpc) is 2.71. The van der Waals surface area contributed by atoms with Gasteiger partial charge in [-0.25, -0.2) is 4.98 Å². The number of hydrogen-bond acceptors (Lipinski definition) is 2. The lowest BCUT2D eigenvalue weighted by molar-refractivity contribution is 0.363. The van der Waals surface area contributed by atoms with Gasteiger partial charge in [0.2, 0.25) is 0 Å². The van der Waals surface area contributed by atoms with Crippen molar-refractivity contribution in [2.45, 2.75) is 43.9 Å². The summed E-state index contributed by atoms with van der Waals surface area (Å²) in [5.74, 6) is 0.996. The molecular formula is C15H19Cl2N3. The van der Waals surface area contributed by atoms with Gasteiger partial charge in [0.25, 0.3) is 0 Å². The molecule has 1 aromatic heterocycles. The molecule has 3 rings (SSSR count). The molecule has 1 fully saturated rings. The normalized spacial score (nSPS) is 19.1. The Hall–Kier alpha value is -0.770. The number of nitrogens with zero attached hydrogens (tertiary/aromatic N) is 1. The number of rotatable bonds is 2. The maximum absolute atomic E-state index is 6.11. The van der Waals surface area contributed by atoms with Crippen LogP contribution in [0.25, 0.3) is 11.0 Å². The molecule has 2 aromatic rings. The van der Waals surface area contributed by atoms with Crippen LogP contribution in [-0.4, -0.2) is 16.5 Å². The zero-order valence-corrected chi connectivity index (χ0v) is 12.9. The van der Waals surface area contributed by atoms with Gasteiger partial charge in [-0.05, 0) is 25.0 Å². The average molecular weight is 312 g/mol. The zero-order valence-electron chi connectivity index (χ0n) is 11.4. The van der Waals surface area contributed by atoms with E-state index in [2.05, 4.69) is 4.98 Å². The summed E-state index contributed by atoms with van der Waals surface area (Å²) in [5, 5.41) is 1.09. The lowest BCUT2D eigenvalue weighted by Gasteiger charge is -2.29. The summed E-state index contributed by atoms with van der Waals surface area (Å²) in [6.07, 6.45) is 7.22. The van der Waals surface area contributed by atoms with Crippen molar-refractivity contribution in [1.82, 2.24) is 9.97 Å². The summed E-state index contributed by atoms with van der Waals surface area (Å²) in [6.45, 7) is 0.633. The van der Waals surface area contributed by atoms with Crippen LogP contribution in [0.15, 0.2) is 12.1 Å². The number of nitrogens with one attached hydrogen (secondary N) is 1. The smallest absolute Gasteiger partial charge is 0.114 e. The van der Waals surface area contributed by atoms with E-state index >= 15 is 0 Å². The highest BCUT2D eigenvalue weighted by Crippen LogP contribution is 2.37. The lowest BCUT2D eigenvalue weighted by atomic mass is 9.79. The highest BCUT2D eigenvalue weighted by Gasteiger charge is 2.34. The molecule has 20 heavy (non-hydrogen) atoms. The minimum Gasteiger partial charge on any atom is -0.341 e. The molecular weight excluding hydrogens is 293 g/mol. The van der Waals surface area contributed by atoms with Gasteiger partial charge in [-0.1, -0.05) is 48.9 Å². The fraction of sp³-hybridized carbons (Fsp3) is 0.533. The number of halogens is 2. The molecule has 108 valence electrons. The van der Waals surface area contributed by atoms with Crippen molar-refractivity contribution < 1.29 is 0 Å². The van der Waals surface area contributed by atoms with Gasteiger partial charge >= 0.3 is 0 Å². The summed E-state index contributed by atoms with van der Waals surface area (Å²) in [6, 6.07) is 3.66. The summed E-state index contributed by atoms with van der Waals surface area (Å²) in [4.78, 5) is 8.16. The van der Waals surface area contributed by atoms with Gasteiger partial charge in [-0.3, -0.25) is 0 Å². The van der Waals surface area contributed by atoms with Gasteiger partial charge in [0.15, 0.2) is 0 Å². The monoisotopic (exact) mass is 311 g/mol. The second kappa shape index (κ2) is 5.55. The van der Waals surface area contributed by atoms with Crippen molar-refractivity contribution in [3.63, 3.8) is 0 Å². The molecule has 1 heterocycles. The van der Waals surface area contributed by atoms with Crippen LogP contribution < -0.4 is 5.73 Å². The maximum Gasteiger partial charge on any atom is 0.114 e. The second-order valence-corrected chi connectivity index (χ2v) is 6.58. The van der Waals surface area contributed by atoms with E-state index in [1.165, 1.54) is 25.7 Å². The van der Waals surface area contributed by atoms with Crippen LogP contribution in [0.2, 0.25) is 10.0 Å². The number of aromatic nitrogens is 2. The molecule has 1 aliphatic rings. The number of hydrogen-bond donors (Lipinski definition) is 2. The molecule has 3 nitrogen and oxygen atoms in total. The Morgan fingerprint density at radius 3 is 2.40 bits per heavy atom. The van der Waals surface area contributed by atoms with E-state index in [0.29, 0.717) is 16.6 Å². The van der Waals surface area contributed by atoms with E-state index in [1.807, 2.05) is 12.1 Å². The molecule has 0 aliphatic heterocycles. The fourth-order valence-corrected chi connectivity index (χ4v) is 3.52. The van der Waals surface area contributed by atoms with Crippen molar-refractivity contribution in [2.24, 2.45) is 5.73 Å². The number of nitrogens with two attached hydrogens (primary N) is 1. The molecule has 5 heteroatoms. The first-order valence-corrected chi connectivity index (χ1v) is 7.95. The van der Waals surface area contributed by atoms with E-state index < -0.39 is 0 Å². The fourth-order valence-electron chi connectivity index (χ4n) is 3.20. The lowest BCUT2D eigenvalue weighted by Crippen LogP contribution is -2.35. The third-order valence-electron chi connectivity index (χ3n) is 4.48. The highest BCUT2D eigenvalue weighted by atomic mass is 35.5. The van der Waals surface area contributed by atoms with Crippen LogP contribution in [0.3, 0.4) is 0 Å². The zero-order chi connectivity index (χ0) is 14.2. The Bertz CT molecular complexity index is 574. The molecule has 0 atom stereocenters. The largest absolute Gasteiger partial charge is 0.341 e. The Kier molecular flexibility index (Phi) is 3.93. The quantitative estimate of drug-likeness (QED) is 0.807. The van der Waals surface area contributed by atoms with E-state index in [9.17, 15) is 0 Å². The van der Waals surface area contributed by atoms with Crippen molar-refractivity contribution in [2.75, 3.05) is 6.54 Å². The SMILES string of the molecule is NCC1(c2nc3cc(Cl)c(Cl)cc3[nH]2)CCCCCC1. The minimum atomic E-state index is -0.0194. The molecule has 0 saturated heterocycles. The molecule has 0 amide bonds. The first-order valence-electron chi connectivity index (χ1n) is 7.20. The Labute approximate surface area is 128 Å². The van der Waals surface area contributed by atoms with E-state index in [-0.39, 0.29) is 5.41 Å². The number of benzene rings is 1. The summed E-state index contributed by atoms with van der Waals surface area (Å²) in [7, 11) is 0. The Morgan fingerprint density at radius 1 is 1.10 bits per heavy atom. The van der Waals surface area contributed by atoms with Crippen molar-refractivity contribution in [3.8, 4) is 0 Å². The number of imidazole rings is 1. The van der Waals surface area contributed by atoms with Crippen LogP contribution in [0.4, 0.5) is 0 Å². The van der Waals surface area contributed by atoms with Gasteiger partial charge < -0.3 is 10.7 Å². The Balaban J connectivity index is 2.07. The molecule has 0 bridgehead atoms. The Morgan fingerprint density at radius 2 is 1.75 bits per heavy atom. The van der Waals surface area contributed by atoms with Gasteiger partial charge in [-0.15, -0.1) is 0 Å². The van der Waals surface area contributed by atoms with Gasteiger partial charge in [-0.2, -0.15) is 0 Å². The standard InChI is InChI=1S/C15H19Cl2N3/c16-10-7-12-13(8-11(10)17)20-14(19-12)15(9-18)5-3-1-2-4-6-15/h7-8H,1-6,9,18H2,(H,19,20). The van der Waals surface area contributed by atoms with Crippen LogP contribution in [0.5, 0.6) is 0 Å². The van der Waals surface area contributed by atoms with E-state index in [1.54, 1.807) is 0 Å². The first kappa shape index (κ1) is 14.2. The number of H-pyrrole nitrogens is 1. The molecule has 1 saturated carbocycles. The molecule has 0 unspecified atom stereocenters. The highest BCUT2D eigenvalue weighted by molar-refractivity contribution is 6.42. The predicted octanol–water partition coefficient (Wildman–Crippen LogP) is 4.42. The van der Waals surface area contributed by atoms with Crippen molar-refractivity contribution >= 4 is 34.2 Å². The van der Waals surface area contributed by atoms with Crippen LogP contribution in [0, 0.1) is 0 Å². The number of aromatic amines is 1. The van der Waals surface area contributed by atoms with Gasteiger partial charge in [0.1, 0.15) is 5.82 Å². The molecule has 3 N–H and O–H groups in total. The van der Waals surface area contributed by atoms with Crippen LogP contribution in [-0.2, 0) is 5.41 Å². The second-order valence-electron chi connectivity index (χ2n) is 5.77. The summed E-state index contributed by atoms with van der Waals surface area (Å²) < 4.78 is 0. The van der Waals surface area contributed by atoms with Crippen LogP contribution in [0.1, 0.15) is 44.3 Å². The summed E-state index contributed by atoms with van der Waals surface area (Å²) in [5.41, 5.74) is 7.89. The third kappa shape index (κ3) is 2.43. The topological polar surface area (TPSA) is 54.7 Å². The first-order chi connectivity index (χ1) is 9.64. The van der Waals surface area contributed by atoms with Crippen molar-refractivity contribution in [3.05, 3.63) is 28.0 Å². The predicted molar refractivity (Wildman–Crippen MR) is 84.5 cm³/mol. The van der Waals surface area contributed by atoms with Crippen molar-refractivity contribution in [1.29, 1.82) is 0 Å². The maximum atomic E-state index is 6.11. The van der Waals surface area contributed by atoms with Gasteiger partial charge in [0.05, 0.1) is 21.1 Å². The van der Waals surface area contributed by atoms with Crippen LogP contribution >= 0.6 is 23.2 Å². The summed E-state index contributed by atoms with van der Waals surface area (Å²) >= 11 is 12.1. The van der Waals surface area contributed by atoms with E-state index in [0.717, 1.165) is 29.7 Å². The molecule has 1 aliphatic carbocycles. The molecule has 0 spiro atoms. The third-order valence-corrected chi connectivity index (χ3v) is 5.20. The molecule has 0 radical (unpaired) electrons. The number of fused-ring (bicyclic) bond motifs is 1.